The first-order valence-corrected chi connectivity index (χ1v) is 10.1. The van der Waals surface area contributed by atoms with Crippen LogP contribution in [0.2, 0.25) is 5.02 Å². The molecule has 0 N–H and O–H groups in total. The largest absolute Gasteiger partial charge is 0.490 e. The Balaban J connectivity index is 1.88. The van der Waals surface area contributed by atoms with Crippen LogP contribution in [0.3, 0.4) is 0 Å². The highest BCUT2D eigenvalue weighted by molar-refractivity contribution is 6.32. The van der Waals surface area contributed by atoms with Crippen molar-refractivity contribution in [3.63, 3.8) is 0 Å². The Hall–Kier alpha value is -3.32. The second-order valence-corrected chi connectivity index (χ2v) is 6.97. The van der Waals surface area contributed by atoms with Gasteiger partial charge in [-0.25, -0.2) is 14.6 Å². The molecule has 2 aromatic rings. The van der Waals surface area contributed by atoms with Crippen molar-refractivity contribution < 1.29 is 28.5 Å². The quantitative estimate of drug-likeness (QED) is 0.446. The van der Waals surface area contributed by atoms with Gasteiger partial charge in [0.05, 0.1) is 18.2 Å². The fourth-order valence-corrected chi connectivity index (χ4v) is 3.07. The van der Waals surface area contributed by atoms with Gasteiger partial charge in [0.2, 0.25) is 5.90 Å². The van der Waals surface area contributed by atoms with Crippen LogP contribution >= 0.6 is 11.6 Å². The molecule has 7 nitrogen and oxygen atoms in total. The van der Waals surface area contributed by atoms with Crippen LogP contribution in [-0.2, 0) is 19.1 Å². The Morgan fingerprint density at radius 1 is 1.13 bits per heavy atom. The summed E-state index contributed by atoms with van der Waals surface area (Å²) in [7, 11) is 0. The lowest BCUT2D eigenvalue weighted by Gasteiger charge is -2.14. The van der Waals surface area contributed by atoms with Gasteiger partial charge in [-0.2, -0.15) is 0 Å². The number of esters is 2. The van der Waals surface area contributed by atoms with Crippen LogP contribution in [0, 0.1) is 6.92 Å². The molecular weight excluding hydrogens is 422 g/mol. The van der Waals surface area contributed by atoms with E-state index in [2.05, 4.69) is 4.99 Å². The molecule has 162 valence electrons. The summed E-state index contributed by atoms with van der Waals surface area (Å²) in [6, 6.07) is 10.7. The van der Waals surface area contributed by atoms with Gasteiger partial charge in [0.15, 0.2) is 23.8 Å². The summed E-state index contributed by atoms with van der Waals surface area (Å²) in [6.45, 7) is 5.79. The van der Waals surface area contributed by atoms with E-state index in [-0.39, 0.29) is 35.6 Å². The molecule has 0 fully saturated rings. The molecular formula is C23H22ClNO6. The van der Waals surface area contributed by atoms with Crippen LogP contribution in [0.5, 0.6) is 11.5 Å². The van der Waals surface area contributed by atoms with E-state index in [0.717, 1.165) is 5.56 Å². The third-order valence-electron chi connectivity index (χ3n) is 4.19. The Kier molecular flexibility index (Phi) is 7.31. The highest BCUT2D eigenvalue weighted by Crippen LogP contribution is 2.37. The number of aryl methyl sites for hydroxylation is 1. The van der Waals surface area contributed by atoms with Crippen molar-refractivity contribution in [3.05, 3.63) is 63.8 Å². The zero-order valence-electron chi connectivity index (χ0n) is 17.4. The standard InChI is InChI=1S/C23H22ClNO6/c1-4-28-19-12-15(10-17(24)21(19)30-13-20(26)29-5-2)11-18-23(27)31-22(25-18)16-8-6-14(3)7-9-16/h6-12H,4-5,13H2,1-3H3/b18-11-. The van der Waals surface area contributed by atoms with Crippen LogP contribution in [0.1, 0.15) is 30.5 Å². The molecule has 0 radical (unpaired) electrons. The molecule has 0 saturated heterocycles. The minimum atomic E-state index is -0.563. The average molecular weight is 444 g/mol. The molecule has 0 atom stereocenters. The predicted molar refractivity (Wildman–Crippen MR) is 117 cm³/mol. The third-order valence-corrected chi connectivity index (χ3v) is 4.47. The first-order valence-electron chi connectivity index (χ1n) is 9.75. The highest BCUT2D eigenvalue weighted by atomic mass is 35.5. The molecule has 3 rings (SSSR count). The topological polar surface area (TPSA) is 83.4 Å². The van der Waals surface area contributed by atoms with Crippen LogP contribution in [0.15, 0.2) is 47.1 Å². The number of hydrogen-bond donors (Lipinski definition) is 0. The lowest BCUT2D eigenvalue weighted by Crippen LogP contribution is -2.15. The number of hydrogen-bond acceptors (Lipinski definition) is 7. The number of benzene rings is 2. The van der Waals surface area contributed by atoms with Crippen LogP contribution in [0.4, 0.5) is 0 Å². The summed E-state index contributed by atoms with van der Waals surface area (Å²) in [5.74, 6) is -0.287. The summed E-state index contributed by atoms with van der Waals surface area (Å²) in [5, 5.41) is 0.219. The van der Waals surface area contributed by atoms with Crippen LogP contribution < -0.4 is 9.47 Å². The third kappa shape index (κ3) is 5.64. The molecule has 0 aromatic heterocycles. The first-order chi connectivity index (χ1) is 14.9. The molecule has 0 amide bonds. The average Bonchev–Trinajstić information content (AvgIpc) is 3.08. The van der Waals surface area contributed by atoms with Gasteiger partial charge >= 0.3 is 11.9 Å². The van der Waals surface area contributed by atoms with E-state index in [4.69, 9.17) is 30.5 Å². The molecule has 2 aromatic carbocycles. The van der Waals surface area contributed by atoms with E-state index in [1.807, 2.05) is 31.2 Å². The Bertz CT molecular complexity index is 1040. The molecule has 0 unspecified atom stereocenters. The molecule has 1 aliphatic rings. The maximum atomic E-state index is 12.3. The Morgan fingerprint density at radius 3 is 2.55 bits per heavy atom. The summed E-state index contributed by atoms with van der Waals surface area (Å²) in [6.07, 6.45) is 1.55. The highest BCUT2D eigenvalue weighted by Gasteiger charge is 2.24. The second kappa shape index (κ2) is 10.1. The maximum Gasteiger partial charge on any atom is 0.363 e. The number of ether oxygens (including phenoxy) is 4. The van der Waals surface area contributed by atoms with Gasteiger partial charge in [-0.05, 0) is 56.7 Å². The normalized spacial score (nSPS) is 14.3. The minimum absolute atomic E-state index is 0.134. The van der Waals surface area contributed by atoms with Crippen molar-refractivity contribution >= 4 is 35.5 Å². The number of aliphatic imine (C=N–C) groups is 1. The van der Waals surface area contributed by atoms with Gasteiger partial charge in [0, 0.05) is 5.56 Å². The van der Waals surface area contributed by atoms with Crippen molar-refractivity contribution in [2.24, 2.45) is 4.99 Å². The van der Waals surface area contributed by atoms with Gasteiger partial charge in [-0.1, -0.05) is 29.3 Å². The van der Waals surface area contributed by atoms with Gasteiger partial charge in [-0.15, -0.1) is 0 Å². The number of rotatable bonds is 8. The summed E-state index contributed by atoms with van der Waals surface area (Å²) >= 11 is 6.35. The van der Waals surface area contributed by atoms with Crippen LogP contribution in [-0.4, -0.2) is 37.7 Å². The van der Waals surface area contributed by atoms with Crippen molar-refractivity contribution in [1.82, 2.24) is 0 Å². The van der Waals surface area contributed by atoms with Crippen molar-refractivity contribution in [2.75, 3.05) is 19.8 Å². The number of nitrogens with zero attached hydrogens (tertiary/aromatic N) is 1. The number of carbonyl (C=O) groups is 2. The Labute approximate surface area is 185 Å². The number of carbonyl (C=O) groups excluding carboxylic acids is 2. The maximum absolute atomic E-state index is 12.3. The zero-order valence-corrected chi connectivity index (χ0v) is 18.2. The van der Waals surface area contributed by atoms with Gasteiger partial charge < -0.3 is 18.9 Å². The van der Waals surface area contributed by atoms with Crippen LogP contribution in [0.25, 0.3) is 6.08 Å². The van der Waals surface area contributed by atoms with Gasteiger partial charge in [0.1, 0.15) is 0 Å². The number of halogens is 1. The monoisotopic (exact) mass is 443 g/mol. The van der Waals surface area contributed by atoms with Crippen molar-refractivity contribution in [2.45, 2.75) is 20.8 Å². The number of cyclic esters (lactones) is 1. The fraction of sp³-hybridized carbons (Fsp3) is 0.261. The van der Waals surface area contributed by atoms with E-state index in [0.29, 0.717) is 23.5 Å². The second-order valence-electron chi connectivity index (χ2n) is 6.56. The molecule has 0 aliphatic carbocycles. The van der Waals surface area contributed by atoms with Gasteiger partial charge in [-0.3, -0.25) is 0 Å². The Morgan fingerprint density at radius 2 is 1.87 bits per heavy atom. The fourth-order valence-electron chi connectivity index (χ4n) is 2.79. The molecule has 0 spiro atoms. The molecule has 8 heteroatoms. The van der Waals surface area contributed by atoms with Crippen molar-refractivity contribution in [3.8, 4) is 11.5 Å². The minimum Gasteiger partial charge on any atom is -0.490 e. The van der Waals surface area contributed by atoms with E-state index < -0.39 is 11.9 Å². The first kappa shape index (κ1) is 22.4. The summed E-state index contributed by atoms with van der Waals surface area (Å²) in [5.41, 5.74) is 2.50. The van der Waals surface area contributed by atoms with E-state index >= 15 is 0 Å². The van der Waals surface area contributed by atoms with E-state index in [9.17, 15) is 9.59 Å². The van der Waals surface area contributed by atoms with Gasteiger partial charge in [0.25, 0.3) is 0 Å². The van der Waals surface area contributed by atoms with E-state index in [1.54, 1.807) is 32.1 Å². The molecule has 0 saturated carbocycles. The molecule has 0 bridgehead atoms. The summed E-state index contributed by atoms with van der Waals surface area (Å²) < 4.78 is 21.2. The molecule has 31 heavy (non-hydrogen) atoms. The smallest absolute Gasteiger partial charge is 0.363 e. The zero-order chi connectivity index (χ0) is 22.4. The predicted octanol–water partition coefficient (Wildman–Crippen LogP) is 4.33. The van der Waals surface area contributed by atoms with E-state index in [1.165, 1.54) is 0 Å². The lowest BCUT2D eigenvalue weighted by atomic mass is 10.1. The molecule has 1 heterocycles. The SMILES string of the molecule is CCOC(=O)COc1c(Cl)cc(/C=C2\N=C(c3ccc(C)cc3)OC2=O)cc1OCC. The lowest BCUT2D eigenvalue weighted by molar-refractivity contribution is -0.145. The van der Waals surface area contributed by atoms with Crippen molar-refractivity contribution in [1.29, 1.82) is 0 Å². The summed E-state index contributed by atoms with van der Waals surface area (Å²) in [4.78, 5) is 28.2. The molecule has 1 aliphatic heterocycles.